The molecule has 0 aromatic heterocycles. The maximum absolute atomic E-state index is 12.0. The molecule has 0 unspecified atom stereocenters. The number of ether oxygens (including phenoxy) is 1. The Bertz CT molecular complexity index is 424. The van der Waals surface area contributed by atoms with Gasteiger partial charge < -0.3 is 10.1 Å². The van der Waals surface area contributed by atoms with Crippen LogP contribution in [0.1, 0.15) is 35.7 Å². The molecule has 1 aromatic rings. The standard InChI is InChI=1S/C14H19NO2/c1-9-4-5-12(8-13(9)17-3)14(16)15-10(2)11-6-7-11/h4-5,8,10-11H,6-7H2,1-3H3,(H,15,16)/t10-/m1/s1. The minimum absolute atomic E-state index is 0.0114. The van der Waals surface area contributed by atoms with Crippen molar-refractivity contribution in [2.24, 2.45) is 5.92 Å². The van der Waals surface area contributed by atoms with Crippen LogP contribution in [0.15, 0.2) is 18.2 Å². The van der Waals surface area contributed by atoms with E-state index >= 15 is 0 Å². The first-order valence-electron chi connectivity index (χ1n) is 6.07. The van der Waals surface area contributed by atoms with Crippen molar-refractivity contribution in [3.63, 3.8) is 0 Å². The Kier molecular flexibility index (Phi) is 3.36. The summed E-state index contributed by atoms with van der Waals surface area (Å²) in [5.41, 5.74) is 1.71. The van der Waals surface area contributed by atoms with E-state index in [1.807, 2.05) is 19.1 Å². The van der Waals surface area contributed by atoms with Gasteiger partial charge in [-0.1, -0.05) is 6.07 Å². The highest BCUT2D eigenvalue weighted by Gasteiger charge is 2.29. The highest BCUT2D eigenvalue weighted by molar-refractivity contribution is 5.94. The summed E-state index contributed by atoms with van der Waals surface area (Å²) in [7, 11) is 1.62. The third-order valence-corrected chi connectivity index (χ3v) is 3.36. The lowest BCUT2D eigenvalue weighted by Gasteiger charge is -2.13. The molecular weight excluding hydrogens is 214 g/mol. The second-order valence-corrected chi connectivity index (χ2v) is 4.78. The van der Waals surface area contributed by atoms with Gasteiger partial charge in [0.25, 0.3) is 5.91 Å². The first kappa shape index (κ1) is 12.0. The number of aryl methyl sites for hydroxylation is 1. The van der Waals surface area contributed by atoms with Gasteiger partial charge in [-0.2, -0.15) is 0 Å². The zero-order chi connectivity index (χ0) is 12.4. The summed E-state index contributed by atoms with van der Waals surface area (Å²) < 4.78 is 5.22. The van der Waals surface area contributed by atoms with Crippen molar-refractivity contribution in [2.75, 3.05) is 7.11 Å². The number of benzene rings is 1. The molecule has 3 heteroatoms. The number of nitrogens with one attached hydrogen (secondary N) is 1. The van der Waals surface area contributed by atoms with Gasteiger partial charge in [-0.05, 0) is 50.3 Å². The fourth-order valence-electron chi connectivity index (χ4n) is 1.97. The monoisotopic (exact) mass is 233 g/mol. The molecule has 0 bridgehead atoms. The van der Waals surface area contributed by atoms with Gasteiger partial charge >= 0.3 is 0 Å². The molecule has 0 saturated heterocycles. The summed E-state index contributed by atoms with van der Waals surface area (Å²) in [5, 5.41) is 3.03. The van der Waals surface area contributed by atoms with E-state index in [0.717, 1.165) is 11.3 Å². The van der Waals surface area contributed by atoms with E-state index in [1.54, 1.807) is 13.2 Å². The minimum Gasteiger partial charge on any atom is -0.496 e. The van der Waals surface area contributed by atoms with Crippen molar-refractivity contribution in [1.82, 2.24) is 5.32 Å². The van der Waals surface area contributed by atoms with Crippen LogP contribution in [0.3, 0.4) is 0 Å². The number of carbonyl (C=O) groups excluding carboxylic acids is 1. The SMILES string of the molecule is COc1cc(C(=O)N[C@H](C)C2CC2)ccc1C. The molecule has 0 radical (unpaired) electrons. The van der Waals surface area contributed by atoms with Crippen LogP contribution < -0.4 is 10.1 Å². The predicted molar refractivity (Wildman–Crippen MR) is 67.4 cm³/mol. The predicted octanol–water partition coefficient (Wildman–Crippen LogP) is 2.53. The summed E-state index contributed by atoms with van der Waals surface area (Å²) in [6.45, 7) is 4.04. The number of rotatable bonds is 4. The van der Waals surface area contributed by atoms with Crippen LogP contribution in [-0.4, -0.2) is 19.1 Å². The molecule has 1 atom stereocenters. The van der Waals surface area contributed by atoms with Crippen LogP contribution in [0.25, 0.3) is 0 Å². The minimum atomic E-state index is -0.0114. The third kappa shape index (κ3) is 2.78. The van der Waals surface area contributed by atoms with Gasteiger partial charge in [0.1, 0.15) is 5.75 Å². The molecular formula is C14H19NO2. The molecule has 92 valence electrons. The number of hydrogen-bond acceptors (Lipinski definition) is 2. The van der Waals surface area contributed by atoms with Gasteiger partial charge in [0.15, 0.2) is 0 Å². The molecule has 17 heavy (non-hydrogen) atoms. The molecule has 1 aromatic carbocycles. The molecule has 0 heterocycles. The van der Waals surface area contributed by atoms with E-state index in [2.05, 4.69) is 12.2 Å². The first-order valence-corrected chi connectivity index (χ1v) is 6.07. The molecule has 0 aliphatic heterocycles. The van der Waals surface area contributed by atoms with E-state index in [4.69, 9.17) is 4.74 Å². The van der Waals surface area contributed by atoms with Crippen molar-refractivity contribution >= 4 is 5.91 Å². The normalized spacial score (nSPS) is 16.4. The number of carbonyl (C=O) groups is 1. The Labute approximate surface area is 102 Å². The van der Waals surface area contributed by atoms with Crippen molar-refractivity contribution < 1.29 is 9.53 Å². The quantitative estimate of drug-likeness (QED) is 0.867. The Balaban J connectivity index is 2.07. The molecule has 1 amide bonds. The van der Waals surface area contributed by atoms with Crippen LogP contribution in [0.5, 0.6) is 5.75 Å². The lowest BCUT2D eigenvalue weighted by atomic mass is 10.1. The molecule has 2 rings (SSSR count). The van der Waals surface area contributed by atoms with Crippen LogP contribution in [-0.2, 0) is 0 Å². The topological polar surface area (TPSA) is 38.3 Å². The molecule has 3 nitrogen and oxygen atoms in total. The van der Waals surface area contributed by atoms with Crippen molar-refractivity contribution in [3.8, 4) is 5.75 Å². The smallest absolute Gasteiger partial charge is 0.251 e. The summed E-state index contributed by atoms with van der Waals surface area (Å²) in [6, 6.07) is 5.82. The molecule has 1 aliphatic carbocycles. The van der Waals surface area contributed by atoms with Crippen LogP contribution in [0.4, 0.5) is 0 Å². The van der Waals surface area contributed by atoms with Crippen LogP contribution in [0.2, 0.25) is 0 Å². The highest BCUT2D eigenvalue weighted by atomic mass is 16.5. The molecule has 0 spiro atoms. The Hall–Kier alpha value is -1.51. The van der Waals surface area contributed by atoms with Crippen LogP contribution >= 0.6 is 0 Å². The van der Waals surface area contributed by atoms with Gasteiger partial charge in [0, 0.05) is 11.6 Å². The zero-order valence-corrected chi connectivity index (χ0v) is 10.6. The van der Waals surface area contributed by atoms with Gasteiger partial charge in [0.05, 0.1) is 7.11 Å². The fraction of sp³-hybridized carbons (Fsp3) is 0.500. The van der Waals surface area contributed by atoms with E-state index < -0.39 is 0 Å². The fourth-order valence-corrected chi connectivity index (χ4v) is 1.97. The average Bonchev–Trinajstić information content (AvgIpc) is 3.13. The van der Waals surface area contributed by atoms with Crippen molar-refractivity contribution in [3.05, 3.63) is 29.3 Å². The summed E-state index contributed by atoms with van der Waals surface area (Å²) in [5.74, 6) is 1.42. The molecule has 1 saturated carbocycles. The van der Waals surface area contributed by atoms with E-state index in [0.29, 0.717) is 11.5 Å². The van der Waals surface area contributed by atoms with Gasteiger partial charge in [-0.3, -0.25) is 4.79 Å². The Morgan fingerprint density at radius 3 is 2.76 bits per heavy atom. The Morgan fingerprint density at radius 1 is 1.47 bits per heavy atom. The van der Waals surface area contributed by atoms with E-state index in [-0.39, 0.29) is 11.9 Å². The molecule has 1 N–H and O–H groups in total. The second-order valence-electron chi connectivity index (χ2n) is 4.78. The lowest BCUT2D eigenvalue weighted by molar-refractivity contribution is 0.0935. The average molecular weight is 233 g/mol. The highest BCUT2D eigenvalue weighted by Crippen LogP contribution is 2.32. The zero-order valence-electron chi connectivity index (χ0n) is 10.6. The number of methoxy groups -OCH3 is 1. The van der Waals surface area contributed by atoms with Crippen molar-refractivity contribution in [2.45, 2.75) is 32.7 Å². The van der Waals surface area contributed by atoms with E-state index in [1.165, 1.54) is 12.8 Å². The number of hydrogen-bond donors (Lipinski definition) is 1. The van der Waals surface area contributed by atoms with Gasteiger partial charge in [-0.25, -0.2) is 0 Å². The molecule has 1 aliphatic rings. The summed E-state index contributed by atoms with van der Waals surface area (Å²) in [6.07, 6.45) is 2.47. The number of amides is 1. The van der Waals surface area contributed by atoms with Gasteiger partial charge in [-0.15, -0.1) is 0 Å². The molecule has 1 fully saturated rings. The summed E-state index contributed by atoms with van der Waals surface area (Å²) >= 11 is 0. The van der Waals surface area contributed by atoms with Crippen molar-refractivity contribution in [1.29, 1.82) is 0 Å². The van der Waals surface area contributed by atoms with E-state index in [9.17, 15) is 4.79 Å². The van der Waals surface area contributed by atoms with Gasteiger partial charge in [0.2, 0.25) is 0 Å². The first-order chi connectivity index (χ1) is 8.11. The lowest BCUT2D eigenvalue weighted by Crippen LogP contribution is -2.33. The second kappa shape index (κ2) is 4.78. The Morgan fingerprint density at radius 2 is 2.18 bits per heavy atom. The van der Waals surface area contributed by atoms with Crippen LogP contribution in [0, 0.1) is 12.8 Å². The third-order valence-electron chi connectivity index (χ3n) is 3.36. The largest absolute Gasteiger partial charge is 0.496 e. The summed E-state index contributed by atoms with van der Waals surface area (Å²) in [4.78, 5) is 12.0. The maximum atomic E-state index is 12.0. The maximum Gasteiger partial charge on any atom is 0.251 e.